The van der Waals surface area contributed by atoms with E-state index in [1.807, 2.05) is 0 Å². The predicted molar refractivity (Wildman–Crippen MR) is 129 cm³/mol. The molecule has 0 saturated heterocycles. The number of hydrogen-bond acceptors (Lipinski definition) is 2. The van der Waals surface area contributed by atoms with Gasteiger partial charge in [-0.25, -0.2) is 9.97 Å². The van der Waals surface area contributed by atoms with Gasteiger partial charge in [0.25, 0.3) is 0 Å². The summed E-state index contributed by atoms with van der Waals surface area (Å²) in [7, 11) is 0. The number of aromatic nitrogens is 2. The average molecular weight is 407 g/mol. The lowest BCUT2D eigenvalue weighted by Crippen LogP contribution is -2.15. The van der Waals surface area contributed by atoms with Crippen LogP contribution in [0.15, 0.2) is 36.8 Å². The molecule has 0 radical (unpaired) electrons. The van der Waals surface area contributed by atoms with Crippen molar-refractivity contribution >= 4 is 0 Å². The molecule has 1 aromatic carbocycles. The second-order valence-electron chi connectivity index (χ2n) is 9.43. The van der Waals surface area contributed by atoms with Crippen molar-refractivity contribution in [3.05, 3.63) is 47.9 Å². The van der Waals surface area contributed by atoms with Crippen molar-refractivity contribution in [3.63, 3.8) is 0 Å². The van der Waals surface area contributed by atoms with E-state index in [4.69, 9.17) is 4.98 Å². The third-order valence-corrected chi connectivity index (χ3v) is 7.11. The quantitative estimate of drug-likeness (QED) is 0.332. The summed E-state index contributed by atoms with van der Waals surface area (Å²) in [5.41, 5.74) is 5.29. The van der Waals surface area contributed by atoms with Gasteiger partial charge in [-0.1, -0.05) is 102 Å². The Bertz CT molecular complexity index is 731. The van der Waals surface area contributed by atoms with Gasteiger partial charge < -0.3 is 0 Å². The number of hydrogen-bond donors (Lipinski definition) is 0. The molecule has 2 nitrogen and oxygen atoms in total. The third kappa shape index (κ3) is 6.93. The molecule has 0 spiro atoms. The molecule has 30 heavy (non-hydrogen) atoms. The Balaban J connectivity index is 1.60. The van der Waals surface area contributed by atoms with Crippen molar-refractivity contribution in [2.75, 3.05) is 0 Å². The fraction of sp³-hybridized carbons (Fsp3) is 0.643. The summed E-state index contributed by atoms with van der Waals surface area (Å²) in [5, 5.41) is 0. The molecule has 0 bridgehead atoms. The summed E-state index contributed by atoms with van der Waals surface area (Å²) in [6.07, 6.45) is 22.5. The molecule has 3 rings (SSSR count). The average Bonchev–Trinajstić information content (AvgIpc) is 2.80. The first-order valence-corrected chi connectivity index (χ1v) is 12.7. The van der Waals surface area contributed by atoms with Gasteiger partial charge in [0.2, 0.25) is 0 Å². The van der Waals surface area contributed by atoms with Crippen LogP contribution < -0.4 is 0 Å². The maximum atomic E-state index is 4.75. The van der Waals surface area contributed by atoms with E-state index >= 15 is 0 Å². The second kappa shape index (κ2) is 12.9. The van der Waals surface area contributed by atoms with Crippen LogP contribution in [0.3, 0.4) is 0 Å². The first kappa shape index (κ1) is 23.0. The topological polar surface area (TPSA) is 25.8 Å². The molecule has 0 aliphatic heterocycles. The maximum absolute atomic E-state index is 4.75. The van der Waals surface area contributed by atoms with Gasteiger partial charge in [0.1, 0.15) is 6.33 Å². The summed E-state index contributed by atoms with van der Waals surface area (Å²) in [4.78, 5) is 9.14. The lowest BCUT2D eigenvalue weighted by atomic mass is 9.77. The van der Waals surface area contributed by atoms with E-state index in [2.05, 4.69) is 49.3 Å². The van der Waals surface area contributed by atoms with Crippen LogP contribution in [0.1, 0.15) is 102 Å². The van der Waals surface area contributed by atoms with Crippen LogP contribution in [-0.2, 0) is 12.8 Å². The van der Waals surface area contributed by atoms with E-state index in [1.54, 1.807) is 6.33 Å². The molecular weight excluding hydrogens is 364 g/mol. The van der Waals surface area contributed by atoms with E-state index in [-0.39, 0.29) is 0 Å². The van der Waals surface area contributed by atoms with Crippen LogP contribution in [0.25, 0.3) is 11.3 Å². The molecule has 1 aliphatic carbocycles. The van der Waals surface area contributed by atoms with Gasteiger partial charge in [0.15, 0.2) is 0 Å². The molecule has 0 amide bonds. The molecule has 1 aromatic heterocycles. The highest BCUT2D eigenvalue weighted by Gasteiger charge is 2.21. The Kier molecular flexibility index (Phi) is 9.86. The predicted octanol–water partition coefficient (Wildman–Crippen LogP) is 8.20. The molecular formula is C28H42N2. The molecule has 2 aromatic rings. The maximum Gasteiger partial charge on any atom is 0.116 e. The van der Waals surface area contributed by atoms with Gasteiger partial charge in [0, 0.05) is 11.8 Å². The Labute approximate surface area is 184 Å². The Morgan fingerprint density at radius 2 is 1.50 bits per heavy atom. The molecule has 2 heteroatoms. The number of benzene rings is 1. The summed E-state index contributed by atoms with van der Waals surface area (Å²) in [6.45, 7) is 4.59. The zero-order valence-electron chi connectivity index (χ0n) is 19.4. The Morgan fingerprint density at radius 1 is 0.767 bits per heavy atom. The summed E-state index contributed by atoms with van der Waals surface area (Å²) < 4.78 is 0. The van der Waals surface area contributed by atoms with Crippen molar-refractivity contribution in [1.29, 1.82) is 0 Å². The highest BCUT2D eigenvalue weighted by molar-refractivity contribution is 5.66. The molecule has 0 N–H and O–H groups in total. The molecule has 0 atom stereocenters. The van der Waals surface area contributed by atoms with Gasteiger partial charge in [-0.05, 0) is 48.6 Å². The van der Waals surface area contributed by atoms with Gasteiger partial charge in [0.05, 0.1) is 5.69 Å². The van der Waals surface area contributed by atoms with Crippen molar-refractivity contribution in [2.24, 2.45) is 11.8 Å². The monoisotopic (exact) mass is 406 g/mol. The van der Waals surface area contributed by atoms with Crippen molar-refractivity contribution in [3.8, 4) is 11.3 Å². The SMILES string of the molecule is CCCCCCc1ccccc1-c1ncncc1CCC1CCC(CCCC)CC1. The minimum atomic E-state index is 0.889. The summed E-state index contributed by atoms with van der Waals surface area (Å²) >= 11 is 0. The van der Waals surface area contributed by atoms with E-state index < -0.39 is 0 Å². The first-order valence-electron chi connectivity index (χ1n) is 12.7. The van der Waals surface area contributed by atoms with Crippen LogP contribution in [0.2, 0.25) is 0 Å². The highest BCUT2D eigenvalue weighted by atomic mass is 14.8. The smallest absolute Gasteiger partial charge is 0.116 e. The lowest BCUT2D eigenvalue weighted by molar-refractivity contribution is 0.250. The molecule has 1 aliphatic rings. The summed E-state index contributed by atoms with van der Waals surface area (Å²) in [6, 6.07) is 8.90. The molecule has 164 valence electrons. The van der Waals surface area contributed by atoms with Crippen LogP contribution in [-0.4, -0.2) is 9.97 Å². The van der Waals surface area contributed by atoms with E-state index in [9.17, 15) is 0 Å². The zero-order valence-corrected chi connectivity index (χ0v) is 19.4. The van der Waals surface area contributed by atoms with Crippen LogP contribution >= 0.6 is 0 Å². The van der Waals surface area contributed by atoms with Crippen molar-refractivity contribution < 1.29 is 0 Å². The highest BCUT2D eigenvalue weighted by Crippen LogP contribution is 2.35. The van der Waals surface area contributed by atoms with Crippen LogP contribution in [0.5, 0.6) is 0 Å². The largest absolute Gasteiger partial charge is 0.244 e. The van der Waals surface area contributed by atoms with E-state index in [0.29, 0.717) is 0 Å². The molecule has 1 heterocycles. The molecule has 1 saturated carbocycles. The number of unbranched alkanes of at least 4 members (excludes halogenated alkanes) is 4. The van der Waals surface area contributed by atoms with Gasteiger partial charge >= 0.3 is 0 Å². The van der Waals surface area contributed by atoms with Gasteiger partial charge in [-0.15, -0.1) is 0 Å². The number of rotatable bonds is 12. The Morgan fingerprint density at radius 3 is 2.27 bits per heavy atom. The first-order chi connectivity index (χ1) is 14.8. The minimum Gasteiger partial charge on any atom is -0.244 e. The second-order valence-corrected chi connectivity index (χ2v) is 9.43. The normalized spacial score (nSPS) is 19.1. The third-order valence-electron chi connectivity index (χ3n) is 7.11. The van der Waals surface area contributed by atoms with Gasteiger partial charge in [-0.3, -0.25) is 0 Å². The van der Waals surface area contributed by atoms with Gasteiger partial charge in [-0.2, -0.15) is 0 Å². The van der Waals surface area contributed by atoms with Crippen molar-refractivity contribution in [1.82, 2.24) is 9.97 Å². The lowest BCUT2D eigenvalue weighted by Gasteiger charge is -2.28. The Hall–Kier alpha value is -1.70. The van der Waals surface area contributed by atoms with Crippen molar-refractivity contribution in [2.45, 2.75) is 104 Å². The fourth-order valence-electron chi connectivity index (χ4n) is 5.16. The molecule has 0 unspecified atom stereocenters. The fourth-order valence-corrected chi connectivity index (χ4v) is 5.16. The number of aryl methyl sites for hydroxylation is 2. The standard InChI is InChI=1S/C28H42N2/c1-3-5-7-8-12-25-13-9-10-14-27(25)28-26(21-29-22-30-28)20-19-24-17-15-23(16-18-24)11-6-4-2/h9-10,13-14,21-24H,3-8,11-12,15-20H2,1-2H3. The van der Waals surface area contributed by atoms with E-state index in [1.165, 1.54) is 99.4 Å². The van der Waals surface area contributed by atoms with Crippen LogP contribution in [0.4, 0.5) is 0 Å². The summed E-state index contributed by atoms with van der Waals surface area (Å²) in [5.74, 6) is 1.89. The minimum absolute atomic E-state index is 0.889. The molecule has 1 fully saturated rings. The van der Waals surface area contributed by atoms with Crippen LogP contribution in [0, 0.1) is 11.8 Å². The zero-order chi connectivity index (χ0) is 21.0. The van der Waals surface area contributed by atoms with E-state index in [0.717, 1.165) is 24.7 Å². The number of nitrogens with zero attached hydrogens (tertiary/aromatic N) is 2.